The van der Waals surface area contributed by atoms with Gasteiger partial charge in [0.2, 0.25) is 0 Å². The van der Waals surface area contributed by atoms with Crippen molar-refractivity contribution in [1.29, 1.82) is 0 Å². The molecule has 0 aromatic carbocycles. The van der Waals surface area contributed by atoms with Crippen molar-refractivity contribution < 1.29 is 4.79 Å². The van der Waals surface area contributed by atoms with Crippen molar-refractivity contribution >= 4 is 34.3 Å². The van der Waals surface area contributed by atoms with Gasteiger partial charge in [0.25, 0.3) is 5.91 Å². The Bertz CT molecular complexity index is 543. The third-order valence-electron chi connectivity index (χ3n) is 2.20. The smallest absolute Gasteiger partial charge is 0.258 e. The maximum Gasteiger partial charge on any atom is 0.258 e. The van der Waals surface area contributed by atoms with E-state index in [0.29, 0.717) is 11.4 Å². The summed E-state index contributed by atoms with van der Waals surface area (Å²) in [5.41, 5.74) is 1.46. The van der Waals surface area contributed by atoms with E-state index in [1.54, 1.807) is 24.5 Å². The van der Waals surface area contributed by atoms with Gasteiger partial charge in [-0.05, 0) is 53.3 Å². The maximum atomic E-state index is 11.9. The standard InChI is InChI=1S/C12H10IN3O/c1-8-5-10(13)7-15-11(8)16-12(17)9-3-2-4-14-6-9/h2-7H,1H3,(H,15,16,17). The van der Waals surface area contributed by atoms with Crippen LogP contribution < -0.4 is 5.32 Å². The number of hydrogen-bond donors (Lipinski definition) is 1. The van der Waals surface area contributed by atoms with Crippen molar-refractivity contribution in [2.75, 3.05) is 5.32 Å². The molecular formula is C12H10IN3O. The number of aromatic nitrogens is 2. The lowest BCUT2D eigenvalue weighted by Crippen LogP contribution is -2.14. The topological polar surface area (TPSA) is 54.9 Å². The van der Waals surface area contributed by atoms with Gasteiger partial charge in [0, 0.05) is 22.2 Å². The number of amides is 1. The maximum absolute atomic E-state index is 11.9. The quantitative estimate of drug-likeness (QED) is 0.856. The number of aryl methyl sites for hydroxylation is 1. The highest BCUT2D eigenvalue weighted by atomic mass is 127. The average molecular weight is 339 g/mol. The van der Waals surface area contributed by atoms with Crippen LogP contribution in [0.15, 0.2) is 36.8 Å². The number of anilines is 1. The Balaban J connectivity index is 2.19. The van der Waals surface area contributed by atoms with Crippen molar-refractivity contribution in [1.82, 2.24) is 9.97 Å². The molecule has 1 amide bonds. The zero-order valence-electron chi connectivity index (χ0n) is 9.14. The Kier molecular flexibility index (Phi) is 3.68. The molecule has 2 aromatic rings. The van der Waals surface area contributed by atoms with E-state index in [2.05, 4.69) is 37.9 Å². The van der Waals surface area contributed by atoms with Gasteiger partial charge in [-0.25, -0.2) is 4.98 Å². The first-order chi connectivity index (χ1) is 8.16. The zero-order chi connectivity index (χ0) is 12.3. The van der Waals surface area contributed by atoms with E-state index < -0.39 is 0 Å². The van der Waals surface area contributed by atoms with Crippen LogP contribution in [-0.4, -0.2) is 15.9 Å². The van der Waals surface area contributed by atoms with E-state index in [1.165, 1.54) is 6.20 Å². The SMILES string of the molecule is Cc1cc(I)cnc1NC(=O)c1cccnc1. The van der Waals surface area contributed by atoms with E-state index >= 15 is 0 Å². The molecule has 4 nitrogen and oxygen atoms in total. The van der Waals surface area contributed by atoms with E-state index in [-0.39, 0.29) is 5.91 Å². The van der Waals surface area contributed by atoms with Gasteiger partial charge in [-0.2, -0.15) is 0 Å². The Morgan fingerprint density at radius 3 is 2.88 bits per heavy atom. The molecule has 2 heterocycles. The lowest BCUT2D eigenvalue weighted by Gasteiger charge is -2.07. The molecule has 2 aromatic heterocycles. The second-order valence-electron chi connectivity index (χ2n) is 3.51. The highest BCUT2D eigenvalue weighted by molar-refractivity contribution is 14.1. The lowest BCUT2D eigenvalue weighted by molar-refractivity contribution is 0.102. The second-order valence-corrected chi connectivity index (χ2v) is 4.76. The van der Waals surface area contributed by atoms with Gasteiger partial charge < -0.3 is 5.32 Å². The Labute approximate surface area is 113 Å². The molecule has 0 atom stereocenters. The number of rotatable bonds is 2. The summed E-state index contributed by atoms with van der Waals surface area (Å²) in [7, 11) is 0. The van der Waals surface area contributed by atoms with Gasteiger partial charge in [0.1, 0.15) is 5.82 Å². The van der Waals surface area contributed by atoms with Crippen molar-refractivity contribution in [3.05, 3.63) is 51.5 Å². The third kappa shape index (κ3) is 3.00. The Morgan fingerprint density at radius 1 is 1.41 bits per heavy atom. The molecular weight excluding hydrogens is 329 g/mol. The first-order valence-corrected chi connectivity index (χ1v) is 6.08. The van der Waals surface area contributed by atoms with Crippen LogP contribution in [-0.2, 0) is 0 Å². The highest BCUT2D eigenvalue weighted by Gasteiger charge is 2.08. The van der Waals surface area contributed by atoms with Crippen LogP contribution in [0.1, 0.15) is 15.9 Å². The van der Waals surface area contributed by atoms with E-state index in [4.69, 9.17) is 0 Å². The van der Waals surface area contributed by atoms with Gasteiger partial charge >= 0.3 is 0 Å². The minimum absolute atomic E-state index is 0.199. The first-order valence-electron chi connectivity index (χ1n) is 5.00. The summed E-state index contributed by atoms with van der Waals surface area (Å²) in [5, 5.41) is 2.76. The number of carbonyl (C=O) groups is 1. The number of nitrogens with one attached hydrogen (secondary N) is 1. The zero-order valence-corrected chi connectivity index (χ0v) is 11.3. The van der Waals surface area contributed by atoms with Crippen LogP contribution >= 0.6 is 22.6 Å². The molecule has 0 aliphatic carbocycles. The van der Waals surface area contributed by atoms with Crippen LogP contribution in [0.2, 0.25) is 0 Å². The molecule has 5 heteroatoms. The summed E-state index contributed by atoms with van der Waals surface area (Å²) in [6.45, 7) is 1.91. The van der Waals surface area contributed by atoms with Crippen molar-refractivity contribution in [2.45, 2.75) is 6.92 Å². The van der Waals surface area contributed by atoms with Gasteiger partial charge in [-0.3, -0.25) is 9.78 Å². The fourth-order valence-corrected chi connectivity index (χ4v) is 1.95. The van der Waals surface area contributed by atoms with Crippen molar-refractivity contribution in [3.8, 4) is 0 Å². The first kappa shape index (κ1) is 12.0. The van der Waals surface area contributed by atoms with Gasteiger partial charge in [-0.15, -0.1) is 0 Å². The summed E-state index contributed by atoms with van der Waals surface area (Å²) in [6.07, 6.45) is 4.87. The van der Waals surface area contributed by atoms with E-state index in [0.717, 1.165) is 9.13 Å². The molecule has 17 heavy (non-hydrogen) atoms. The van der Waals surface area contributed by atoms with Crippen LogP contribution in [0.3, 0.4) is 0 Å². The molecule has 0 saturated carbocycles. The van der Waals surface area contributed by atoms with Gasteiger partial charge in [0.05, 0.1) is 5.56 Å². The largest absolute Gasteiger partial charge is 0.306 e. The average Bonchev–Trinajstić information content (AvgIpc) is 2.34. The molecule has 0 bridgehead atoms. The van der Waals surface area contributed by atoms with Crippen LogP contribution in [0, 0.1) is 10.5 Å². The molecule has 2 rings (SSSR count). The summed E-state index contributed by atoms with van der Waals surface area (Å²) in [5.74, 6) is 0.383. The molecule has 86 valence electrons. The number of hydrogen-bond acceptors (Lipinski definition) is 3. The normalized spacial score (nSPS) is 10.0. The molecule has 0 unspecified atom stereocenters. The molecule has 0 radical (unpaired) electrons. The van der Waals surface area contributed by atoms with E-state index in [9.17, 15) is 4.79 Å². The van der Waals surface area contributed by atoms with E-state index in [1.807, 2.05) is 13.0 Å². The van der Waals surface area contributed by atoms with Crippen LogP contribution in [0.25, 0.3) is 0 Å². The van der Waals surface area contributed by atoms with Crippen LogP contribution in [0.4, 0.5) is 5.82 Å². The Morgan fingerprint density at radius 2 is 2.24 bits per heavy atom. The van der Waals surface area contributed by atoms with Crippen LogP contribution in [0.5, 0.6) is 0 Å². The summed E-state index contributed by atoms with van der Waals surface area (Å²) >= 11 is 2.18. The predicted molar refractivity (Wildman–Crippen MR) is 73.9 cm³/mol. The third-order valence-corrected chi connectivity index (χ3v) is 2.79. The molecule has 0 aliphatic heterocycles. The summed E-state index contributed by atoms with van der Waals surface area (Å²) in [4.78, 5) is 19.9. The second kappa shape index (κ2) is 5.22. The van der Waals surface area contributed by atoms with Crippen molar-refractivity contribution in [2.24, 2.45) is 0 Å². The van der Waals surface area contributed by atoms with Gasteiger partial charge in [0.15, 0.2) is 0 Å². The Hall–Kier alpha value is -1.50. The monoisotopic (exact) mass is 339 g/mol. The number of halogens is 1. The summed E-state index contributed by atoms with van der Waals surface area (Å²) in [6, 6.07) is 5.40. The predicted octanol–water partition coefficient (Wildman–Crippen LogP) is 2.64. The molecule has 0 aliphatic rings. The molecule has 1 N–H and O–H groups in total. The fraction of sp³-hybridized carbons (Fsp3) is 0.0833. The molecule has 0 spiro atoms. The highest BCUT2D eigenvalue weighted by Crippen LogP contribution is 2.14. The minimum atomic E-state index is -0.199. The minimum Gasteiger partial charge on any atom is -0.306 e. The number of nitrogens with zero attached hydrogens (tertiary/aromatic N) is 2. The van der Waals surface area contributed by atoms with Gasteiger partial charge in [-0.1, -0.05) is 0 Å². The lowest BCUT2D eigenvalue weighted by atomic mass is 10.2. The van der Waals surface area contributed by atoms with Crippen molar-refractivity contribution in [3.63, 3.8) is 0 Å². The number of pyridine rings is 2. The summed E-state index contributed by atoms with van der Waals surface area (Å²) < 4.78 is 1.04. The fourth-order valence-electron chi connectivity index (χ4n) is 1.35. The molecule has 0 fully saturated rings. The number of carbonyl (C=O) groups excluding carboxylic acids is 1. The molecule has 0 saturated heterocycles.